The smallest absolute Gasteiger partial charge is 0.254 e. The van der Waals surface area contributed by atoms with Crippen LogP contribution in [0.5, 0.6) is 0 Å². The van der Waals surface area contributed by atoms with E-state index in [2.05, 4.69) is 53.1 Å². The van der Waals surface area contributed by atoms with Crippen molar-refractivity contribution >= 4 is 16.8 Å². The van der Waals surface area contributed by atoms with Crippen molar-refractivity contribution in [3.05, 3.63) is 107 Å². The number of nitrogens with zero attached hydrogens (tertiary/aromatic N) is 2. The Bertz CT molecular complexity index is 1480. The summed E-state index contributed by atoms with van der Waals surface area (Å²) in [6, 6.07) is 23.5. The third kappa shape index (κ3) is 3.71. The first kappa shape index (κ1) is 23.9. The number of benzene rings is 3. The number of aromatic nitrogens is 1. The Morgan fingerprint density at radius 2 is 1.70 bits per heavy atom. The van der Waals surface area contributed by atoms with Gasteiger partial charge in [-0.15, -0.1) is 0 Å². The number of hydrogen-bond acceptors (Lipinski definition) is 2. The number of aryl methyl sites for hydroxylation is 1. The summed E-state index contributed by atoms with van der Waals surface area (Å²) in [5.41, 5.74) is 5.79. The first-order valence-corrected chi connectivity index (χ1v) is 13.3. The topological polar surface area (TPSA) is 39.3 Å². The molecule has 3 aromatic carbocycles. The minimum Gasteiger partial charge on any atom is -0.356 e. The largest absolute Gasteiger partial charge is 0.356 e. The van der Waals surface area contributed by atoms with Gasteiger partial charge in [0, 0.05) is 34.2 Å². The number of carbonyl (C=O) groups excluding carboxylic acids is 1. The van der Waals surface area contributed by atoms with Crippen LogP contribution in [0.2, 0.25) is 0 Å². The molecular weight excluding hydrogens is 461 g/mol. The molecule has 0 bridgehead atoms. The van der Waals surface area contributed by atoms with Crippen molar-refractivity contribution in [3.8, 4) is 0 Å². The molecule has 0 radical (unpaired) electrons. The molecule has 0 atom stereocenters. The number of nitrogens with one attached hydrogen (secondary N) is 1. The Morgan fingerprint density at radius 1 is 0.946 bits per heavy atom. The van der Waals surface area contributed by atoms with Crippen LogP contribution in [0, 0.1) is 12.7 Å². The molecule has 0 unspecified atom stereocenters. The maximum atomic E-state index is 14.3. The van der Waals surface area contributed by atoms with Crippen LogP contribution in [-0.2, 0) is 17.5 Å². The minimum absolute atomic E-state index is 0.0936. The lowest BCUT2D eigenvalue weighted by molar-refractivity contribution is -0.0142. The quantitative estimate of drug-likeness (QED) is 0.351. The van der Waals surface area contributed by atoms with Gasteiger partial charge >= 0.3 is 0 Å². The highest BCUT2D eigenvalue weighted by Gasteiger charge is 2.53. The monoisotopic (exact) mass is 495 g/mol. The predicted octanol–water partition coefficient (Wildman–Crippen LogP) is 6.54. The lowest BCUT2D eigenvalue weighted by atomic mass is 9.65. The molecule has 5 heteroatoms. The second kappa shape index (κ2) is 8.84. The lowest BCUT2D eigenvalue weighted by Gasteiger charge is -2.55. The molecule has 1 aliphatic heterocycles. The molecule has 37 heavy (non-hydrogen) atoms. The number of fused-ring (bicyclic) bond motifs is 4. The van der Waals surface area contributed by atoms with Gasteiger partial charge in [-0.05, 0) is 94.6 Å². The number of H-pyrrole nitrogens is 1. The number of para-hydroxylation sites is 1. The van der Waals surface area contributed by atoms with Crippen LogP contribution in [-0.4, -0.2) is 41.3 Å². The van der Waals surface area contributed by atoms with E-state index in [1.54, 1.807) is 6.07 Å². The lowest BCUT2D eigenvalue weighted by Crippen LogP contribution is -2.58. The van der Waals surface area contributed by atoms with Crippen LogP contribution < -0.4 is 0 Å². The molecule has 4 aromatic rings. The fraction of sp³-hybridized carbons (Fsp3) is 0.344. The normalized spacial score (nSPS) is 23.5. The van der Waals surface area contributed by atoms with Gasteiger partial charge in [0.05, 0.1) is 5.54 Å². The van der Waals surface area contributed by atoms with E-state index in [0.717, 1.165) is 54.3 Å². The van der Waals surface area contributed by atoms with Crippen LogP contribution in [0.1, 0.15) is 58.4 Å². The summed E-state index contributed by atoms with van der Waals surface area (Å²) in [7, 11) is 4.18. The van der Waals surface area contributed by atoms with Crippen LogP contribution in [0.15, 0.2) is 72.8 Å². The Labute approximate surface area is 218 Å². The standard InChI is InChI=1S/C32H34FN3O/c1-22-8-6-9-23(20-22)30(37)36-19-14-27-26-12-4-5-13-28(26)34-29(27)32(36)17-15-31(16-18-32,35(2)3)24-10-7-11-25(33)21-24/h4-13,20-21,34H,14-19H2,1-3H3. The van der Waals surface area contributed by atoms with Crippen LogP contribution in [0.4, 0.5) is 4.39 Å². The third-order valence-corrected chi connectivity index (χ3v) is 9.01. The highest BCUT2D eigenvalue weighted by Crippen LogP contribution is 2.54. The molecule has 0 saturated heterocycles. The van der Waals surface area contributed by atoms with E-state index in [0.29, 0.717) is 6.54 Å². The van der Waals surface area contributed by atoms with Crippen molar-refractivity contribution in [3.63, 3.8) is 0 Å². The zero-order chi connectivity index (χ0) is 25.8. The Kier molecular flexibility index (Phi) is 5.72. The highest BCUT2D eigenvalue weighted by atomic mass is 19.1. The minimum atomic E-state index is -0.430. The van der Waals surface area contributed by atoms with Crippen LogP contribution >= 0.6 is 0 Å². The summed E-state index contributed by atoms with van der Waals surface area (Å²) in [5.74, 6) is -0.109. The molecule has 1 aliphatic carbocycles. The summed E-state index contributed by atoms with van der Waals surface area (Å²) in [4.78, 5) is 22.3. The molecule has 1 aromatic heterocycles. The first-order chi connectivity index (χ1) is 17.8. The number of rotatable bonds is 3. The summed E-state index contributed by atoms with van der Waals surface area (Å²) < 4.78 is 14.3. The van der Waals surface area contributed by atoms with E-state index in [1.165, 1.54) is 22.7 Å². The summed E-state index contributed by atoms with van der Waals surface area (Å²) in [6.07, 6.45) is 4.10. The van der Waals surface area contributed by atoms with Gasteiger partial charge in [-0.1, -0.05) is 48.0 Å². The highest BCUT2D eigenvalue weighted by molar-refractivity contribution is 5.96. The molecule has 1 spiro atoms. The Hall–Kier alpha value is -3.44. The van der Waals surface area contributed by atoms with Crippen molar-refractivity contribution in [1.82, 2.24) is 14.8 Å². The van der Waals surface area contributed by atoms with Gasteiger partial charge in [0.25, 0.3) is 5.91 Å². The van der Waals surface area contributed by atoms with Crippen molar-refractivity contribution in [2.24, 2.45) is 0 Å². The van der Waals surface area contributed by atoms with Gasteiger partial charge in [-0.3, -0.25) is 9.69 Å². The van der Waals surface area contributed by atoms with Crippen LogP contribution in [0.3, 0.4) is 0 Å². The van der Waals surface area contributed by atoms with Gasteiger partial charge in [0.2, 0.25) is 0 Å². The van der Waals surface area contributed by atoms with E-state index in [9.17, 15) is 9.18 Å². The van der Waals surface area contributed by atoms with Crippen molar-refractivity contribution in [2.45, 2.75) is 50.1 Å². The molecule has 1 fully saturated rings. The number of hydrogen-bond donors (Lipinski definition) is 1. The fourth-order valence-electron chi connectivity index (χ4n) is 7.03. The average Bonchev–Trinajstić information content (AvgIpc) is 3.29. The summed E-state index contributed by atoms with van der Waals surface area (Å²) in [5, 5.41) is 1.26. The van der Waals surface area contributed by atoms with Crippen molar-refractivity contribution in [2.75, 3.05) is 20.6 Å². The van der Waals surface area contributed by atoms with Gasteiger partial charge in [-0.2, -0.15) is 0 Å². The maximum absolute atomic E-state index is 14.3. The fourth-order valence-corrected chi connectivity index (χ4v) is 7.03. The maximum Gasteiger partial charge on any atom is 0.254 e. The molecule has 2 heterocycles. The van der Waals surface area contributed by atoms with E-state index in [-0.39, 0.29) is 17.3 Å². The molecule has 4 nitrogen and oxygen atoms in total. The Balaban J connectivity index is 1.47. The number of aromatic amines is 1. The molecule has 190 valence electrons. The van der Waals surface area contributed by atoms with E-state index in [1.807, 2.05) is 43.3 Å². The van der Waals surface area contributed by atoms with Gasteiger partial charge in [0.1, 0.15) is 5.82 Å². The number of carbonyl (C=O) groups is 1. The number of amides is 1. The molecule has 6 rings (SSSR count). The SMILES string of the molecule is Cc1cccc(C(=O)N2CCc3c([nH]c4ccccc34)C23CCC(c2cccc(F)c2)(N(C)C)CC3)c1. The van der Waals surface area contributed by atoms with E-state index < -0.39 is 5.54 Å². The molecule has 1 N–H and O–H groups in total. The van der Waals surface area contributed by atoms with Gasteiger partial charge in [0.15, 0.2) is 0 Å². The molecule has 1 saturated carbocycles. The van der Waals surface area contributed by atoms with E-state index in [4.69, 9.17) is 0 Å². The van der Waals surface area contributed by atoms with Crippen molar-refractivity contribution < 1.29 is 9.18 Å². The summed E-state index contributed by atoms with van der Waals surface area (Å²) in [6.45, 7) is 2.72. The zero-order valence-electron chi connectivity index (χ0n) is 21.9. The van der Waals surface area contributed by atoms with Gasteiger partial charge < -0.3 is 9.88 Å². The zero-order valence-corrected chi connectivity index (χ0v) is 21.9. The van der Waals surface area contributed by atoms with E-state index >= 15 is 0 Å². The third-order valence-electron chi connectivity index (χ3n) is 9.01. The second-order valence-corrected chi connectivity index (χ2v) is 11.1. The van der Waals surface area contributed by atoms with Gasteiger partial charge in [-0.25, -0.2) is 4.39 Å². The second-order valence-electron chi connectivity index (χ2n) is 11.1. The van der Waals surface area contributed by atoms with Crippen LogP contribution in [0.25, 0.3) is 10.9 Å². The Morgan fingerprint density at radius 3 is 2.43 bits per heavy atom. The first-order valence-electron chi connectivity index (χ1n) is 13.3. The average molecular weight is 496 g/mol. The van der Waals surface area contributed by atoms with Crippen molar-refractivity contribution in [1.29, 1.82) is 0 Å². The predicted molar refractivity (Wildman–Crippen MR) is 146 cm³/mol. The summed E-state index contributed by atoms with van der Waals surface area (Å²) >= 11 is 0. The number of halogens is 1. The molecule has 2 aliphatic rings. The molecular formula is C32H34FN3O. The molecule has 1 amide bonds.